The molecule has 6 heteroatoms. The van der Waals surface area contributed by atoms with Gasteiger partial charge in [-0.05, 0) is 18.9 Å². The smallest absolute Gasteiger partial charge is 0.337 e. The molecule has 0 bridgehead atoms. The average molecular weight is 268 g/mol. The summed E-state index contributed by atoms with van der Waals surface area (Å²) in [6.07, 6.45) is 3.37. The van der Waals surface area contributed by atoms with E-state index in [4.69, 9.17) is 16.7 Å². The Bertz CT molecular complexity index is 590. The van der Waals surface area contributed by atoms with E-state index in [1.807, 2.05) is 0 Å². The number of hydrogen-bond donors (Lipinski definition) is 1. The van der Waals surface area contributed by atoms with Crippen molar-refractivity contribution in [3.63, 3.8) is 0 Å². The number of halogens is 1. The lowest BCUT2D eigenvalue weighted by Gasteiger charge is -2.10. The summed E-state index contributed by atoms with van der Waals surface area (Å²) in [4.78, 5) is 11.0. The highest BCUT2D eigenvalue weighted by Crippen LogP contribution is 2.25. The third kappa shape index (κ3) is 2.06. The van der Waals surface area contributed by atoms with Crippen LogP contribution in [0, 0.1) is 0 Å². The van der Waals surface area contributed by atoms with Gasteiger partial charge in [0.05, 0.1) is 10.6 Å². The molecule has 96 valence electrons. The molecule has 0 radical (unpaired) electrons. The molecule has 0 aliphatic carbocycles. The van der Waals surface area contributed by atoms with E-state index in [2.05, 4.69) is 24.0 Å². The molecule has 2 aromatic heterocycles. The molecule has 0 saturated carbocycles. The highest BCUT2D eigenvalue weighted by atomic mass is 35.5. The van der Waals surface area contributed by atoms with E-state index >= 15 is 0 Å². The fourth-order valence-electron chi connectivity index (χ4n) is 2.02. The molecule has 0 amide bonds. The van der Waals surface area contributed by atoms with E-state index in [0.29, 0.717) is 10.7 Å². The number of carboxylic acid groups (broad SMARTS) is 1. The van der Waals surface area contributed by atoms with Crippen LogP contribution in [0.3, 0.4) is 0 Å². The van der Waals surface area contributed by atoms with Crippen molar-refractivity contribution in [2.45, 2.75) is 32.6 Å². The third-order valence-corrected chi connectivity index (χ3v) is 3.36. The van der Waals surface area contributed by atoms with E-state index in [-0.39, 0.29) is 11.5 Å². The maximum absolute atomic E-state index is 11.0. The van der Waals surface area contributed by atoms with Gasteiger partial charge in [-0.25, -0.2) is 4.79 Å². The lowest BCUT2D eigenvalue weighted by atomic mass is 10.0. The number of nitrogens with zero attached hydrogens (tertiary/aromatic N) is 3. The Balaban J connectivity index is 2.66. The first-order valence-corrected chi connectivity index (χ1v) is 6.23. The van der Waals surface area contributed by atoms with Gasteiger partial charge in [0.15, 0.2) is 5.65 Å². The molecule has 18 heavy (non-hydrogen) atoms. The van der Waals surface area contributed by atoms with Crippen molar-refractivity contribution in [3.05, 3.63) is 28.7 Å². The number of pyridine rings is 1. The number of carboxylic acids is 1. The Morgan fingerprint density at radius 2 is 2.11 bits per heavy atom. The van der Waals surface area contributed by atoms with Crippen LogP contribution in [-0.2, 0) is 0 Å². The molecular formula is C12H14ClN3O2. The van der Waals surface area contributed by atoms with Crippen LogP contribution in [0.5, 0.6) is 0 Å². The summed E-state index contributed by atoms with van der Waals surface area (Å²) in [5.41, 5.74) is 0.642. The van der Waals surface area contributed by atoms with Gasteiger partial charge in [0.2, 0.25) is 0 Å². The zero-order valence-corrected chi connectivity index (χ0v) is 11.0. The van der Waals surface area contributed by atoms with Gasteiger partial charge in [0, 0.05) is 12.1 Å². The molecule has 0 aliphatic heterocycles. The van der Waals surface area contributed by atoms with Crippen LogP contribution in [-0.4, -0.2) is 25.7 Å². The zero-order valence-electron chi connectivity index (χ0n) is 10.2. The summed E-state index contributed by atoms with van der Waals surface area (Å²) in [5, 5.41) is 17.5. The molecule has 0 aliphatic rings. The van der Waals surface area contributed by atoms with Gasteiger partial charge in [-0.3, -0.25) is 4.40 Å². The topological polar surface area (TPSA) is 67.5 Å². The van der Waals surface area contributed by atoms with Crippen molar-refractivity contribution >= 4 is 23.2 Å². The molecule has 2 aromatic rings. The van der Waals surface area contributed by atoms with Crippen molar-refractivity contribution in [3.8, 4) is 0 Å². The van der Waals surface area contributed by atoms with Crippen molar-refractivity contribution < 1.29 is 9.90 Å². The molecule has 0 spiro atoms. The molecule has 1 N–H and O–H groups in total. The normalized spacial score (nSPS) is 11.3. The number of carbonyl (C=O) groups is 1. The Labute approximate surface area is 109 Å². The highest BCUT2D eigenvalue weighted by Gasteiger charge is 2.18. The van der Waals surface area contributed by atoms with Crippen molar-refractivity contribution in [2.75, 3.05) is 0 Å². The molecular weight excluding hydrogens is 254 g/mol. The molecule has 0 saturated heterocycles. The quantitative estimate of drug-likeness (QED) is 0.925. The Morgan fingerprint density at radius 3 is 2.67 bits per heavy atom. The monoisotopic (exact) mass is 267 g/mol. The van der Waals surface area contributed by atoms with Gasteiger partial charge >= 0.3 is 5.97 Å². The van der Waals surface area contributed by atoms with Gasteiger partial charge in [-0.2, -0.15) is 0 Å². The molecule has 0 atom stereocenters. The first-order valence-electron chi connectivity index (χ1n) is 5.85. The fourth-order valence-corrected chi connectivity index (χ4v) is 2.27. The minimum absolute atomic E-state index is 0.138. The highest BCUT2D eigenvalue weighted by molar-refractivity contribution is 6.33. The number of aromatic nitrogens is 3. The number of rotatable bonds is 4. The fraction of sp³-hybridized carbons (Fsp3) is 0.417. The molecule has 0 fully saturated rings. The standard InChI is InChI=1S/C12H14ClN3O2/c1-3-7(4-2)10-14-15-11-9(13)5-8(12(17)18)6-16(10)11/h5-7H,3-4H2,1-2H3,(H,17,18). The number of fused-ring (bicyclic) bond motifs is 1. The van der Waals surface area contributed by atoms with Crippen LogP contribution in [0.25, 0.3) is 5.65 Å². The number of hydrogen-bond acceptors (Lipinski definition) is 3. The van der Waals surface area contributed by atoms with Crippen LogP contribution >= 0.6 is 11.6 Å². The summed E-state index contributed by atoms with van der Waals surface area (Å²) < 4.78 is 1.68. The van der Waals surface area contributed by atoms with Gasteiger partial charge in [0.1, 0.15) is 5.82 Å². The largest absolute Gasteiger partial charge is 0.478 e. The van der Waals surface area contributed by atoms with Gasteiger partial charge in [0.25, 0.3) is 0 Å². The predicted octanol–water partition coefficient (Wildman–Crippen LogP) is 2.98. The Morgan fingerprint density at radius 1 is 1.44 bits per heavy atom. The van der Waals surface area contributed by atoms with Gasteiger partial charge in [-0.1, -0.05) is 25.4 Å². The molecule has 2 rings (SSSR count). The molecule has 0 aromatic carbocycles. The molecule has 2 heterocycles. The predicted molar refractivity (Wildman–Crippen MR) is 68.3 cm³/mol. The van der Waals surface area contributed by atoms with Crippen molar-refractivity contribution in [1.82, 2.24) is 14.6 Å². The van der Waals surface area contributed by atoms with E-state index < -0.39 is 5.97 Å². The second-order valence-electron chi connectivity index (χ2n) is 4.15. The van der Waals surface area contributed by atoms with Crippen LogP contribution in [0.1, 0.15) is 48.8 Å². The summed E-state index contributed by atoms with van der Waals surface area (Å²) in [6.45, 7) is 4.13. The second kappa shape index (κ2) is 4.94. The van der Waals surface area contributed by atoms with Crippen LogP contribution in [0.2, 0.25) is 5.02 Å². The SMILES string of the molecule is CCC(CC)c1nnc2c(Cl)cc(C(=O)O)cn12. The summed E-state index contributed by atoms with van der Waals surface area (Å²) in [6, 6.07) is 1.39. The molecule has 0 unspecified atom stereocenters. The van der Waals surface area contributed by atoms with Crippen LogP contribution in [0.4, 0.5) is 0 Å². The zero-order chi connectivity index (χ0) is 13.3. The Kier molecular flexibility index (Phi) is 3.52. The van der Waals surface area contributed by atoms with E-state index in [1.54, 1.807) is 4.40 Å². The van der Waals surface area contributed by atoms with Gasteiger partial charge in [-0.15, -0.1) is 10.2 Å². The first-order chi connectivity index (χ1) is 8.58. The van der Waals surface area contributed by atoms with Crippen LogP contribution in [0.15, 0.2) is 12.3 Å². The Hall–Kier alpha value is -1.62. The number of aromatic carboxylic acids is 1. The van der Waals surface area contributed by atoms with E-state index in [1.165, 1.54) is 12.3 Å². The summed E-state index contributed by atoms with van der Waals surface area (Å²) in [5.74, 6) is 0.00288. The van der Waals surface area contributed by atoms with E-state index in [0.717, 1.165) is 18.7 Å². The van der Waals surface area contributed by atoms with Crippen LogP contribution < -0.4 is 0 Å². The van der Waals surface area contributed by atoms with E-state index in [9.17, 15) is 4.79 Å². The summed E-state index contributed by atoms with van der Waals surface area (Å²) in [7, 11) is 0. The molecule has 5 nitrogen and oxygen atoms in total. The maximum Gasteiger partial charge on any atom is 0.337 e. The lowest BCUT2D eigenvalue weighted by Crippen LogP contribution is -2.05. The first kappa shape index (κ1) is 12.8. The van der Waals surface area contributed by atoms with Crippen molar-refractivity contribution in [2.24, 2.45) is 0 Å². The average Bonchev–Trinajstić information content (AvgIpc) is 2.75. The van der Waals surface area contributed by atoms with Crippen molar-refractivity contribution in [1.29, 1.82) is 0 Å². The minimum atomic E-state index is -1.01. The van der Waals surface area contributed by atoms with Gasteiger partial charge < -0.3 is 5.11 Å². The third-order valence-electron chi connectivity index (χ3n) is 3.08. The minimum Gasteiger partial charge on any atom is -0.478 e. The summed E-state index contributed by atoms with van der Waals surface area (Å²) >= 11 is 6.02. The second-order valence-corrected chi connectivity index (χ2v) is 4.55. The maximum atomic E-state index is 11.0. The lowest BCUT2D eigenvalue weighted by molar-refractivity contribution is 0.0696.